The maximum atomic E-state index is 12.3. The Balaban J connectivity index is 2.07. The van der Waals surface area contributed by atoms with Crippen LogP contribution in [0.3, 0.4) is 0 Å². The lowest BCUT2D eigenvalue weighted by molar-refractivity contribution is -0.137. The number of ether oxygens (including phenoxy) is 1. The van der Waals surface area contributed by atoms with Crippen LogP contribution in [-0.2, 0) is 9.59 Å². The van der Waals surface area contributed by atoms with Gasteiger partial charge in [0.15, 0.2) is 6.61 Å². The fourth-order valence-corrected chi connectivity index (χ4v) is 2.79. The molecule has 0 spiro atoms. The number of carbonyl (C=O) groups excluding carboxylic acids is 1. The van der Waals surface area contributed by atoms with Crippen molar-refractivity contribution in [3.63, 3.8) is 0 Å². The molecular weight excluding hydrogens is 318 g/mol. The Morgan fingerprint density at radius 3 is 2.20 bits per heavy atom. The van der Waals surface area contributed by atoms with Gasteiger partial charge in [-0.25, -0.2) is 0 Å². The van der Waals surface area contributed by atoms with Gasteiger partial charge in [-0.05, 0) is 43.0 Å². The molecule has 0 aliphatic heterocycles. The third-order valence-corrected chi connectivity index (χ3v) is 4.03. The normalized spacial score (nSPS) is 11.6. The van der Waals surface area contributed by atoms with Crippen LogP contribution in [0.4, 0.5) is 0 Å². The van der Waals surface area contributed by atoms with Crippen LogP contribution in [0.2, 0.25) is 0 Å². The van der Waals surface area contributed by atoms with E-state index < -0.39 is 12.0 Å². The van der Waals surface area contributed by atoms with Crippen LogP contribution in [-0.4, -0.2) is 23.6 Å². The highest BCUT2D eigenvalue weighted by Crippen LogP contribution is 2.23. The summed E-state index contributed by atoms with van der Waals surface area (Å²) in [4.78, 5) is 23.4. The van der Waals surface area contributed by atoms with Crippen molar-refractivity contribution in [2.75, 3.05) is 6.61 Å². The minimum Gasteiger partial charge on any atom is -0.483 e. The van der Waals surface area contributed by atoms with Crippen molar-refractivity contribution in [1.29, 1.82) is 0 Å². The molecule has 1 atom stereocenters. The Labute approximate surface area is 147 Å². The summed E-state index contributed by atoms with van der Waals surface area (Å²) in [5, 5.41) is 11.9. The van der Waals surface area contributed by atoms with Crippen molar-refractivity contribution >= 4 is 11.9 Å². The van der Waals surface area contributed by atoms with Gasteiger partial charge < -0.3 is 15.2 Å². The van der Waals surface area contributed by atoms with E-state index in [1.54, 1.807) is 0 Å². The molecule has 0 saturated heterocycles. The van der Waals surface area contributed by atoms with E-state index in [4.69, 9.17) is 9.84 Å². The van der Waals surface area contributed by atoms with Gasteiger partial charge in [0, 0.05) is 0 Å². The molecule has 0 saturated carbocycles. The molecule has 0 aliphatic rings. The van der Waals surface area contributed by atoms with Crippen LogP contribution in [0.1, 0.15) is 34.7 Å². The van der Waals surface area contributed by atoms with E-state index in [1.165, 1.54) is 0 Å². The standard InChI is InChI=1S/C20H23NO4/c1-13-7-4-5-10-16(13)17(11-19(23)24)21-18(22)12-25-20-14(2)8-6-9-15(20)3/h4-10,17H,11-12H2,1-3H3,(H,21,22)(H,23,24). The maximum Gasteiger partial charge on any atom is 0.305 e. The molecule has 0 fully saturated rings. The second-order valence-electron chi connectivity index (χ2n) is 6.08. The average molecular weight is 341 g/mol. The molecule has 1 unspecified atom stereocenters. The number of aryl methyl sites for hydroxylation is 3. The first-order chi connectivity index (χ1) is 11.9. The number of hydrogen-bond acceptors (Lipinski definition) is 3. The molecule has 2 N–H and O–H groups in total. The molecule has 0 heterocycles. The first kappa shape index (κ1) is 18.5. The largest absolute Gasteiger partial charge is 0.483 e. The third-order valence-electron chi connectivity index (χ3n) is 4.03. The zero-order chi connectivity index (χ0) is 18.4. The third kappa shape index (κ3) is 5.08. The Morgan fingerprint density at radius 2 is 1.60 bits per heavy atom. The highest BCUT2D eigenvalue weighted by atomic mass is 16.5. The van der Waals surface area contributed by atoms with Gasteiger partial charge in [-0.1, -0.05) is 42.5 Å². The van der Waals surface area contributed by atoms with E-state index >= 15 is 0 Å². The molecule has 2 aromatic rings. The molecule has 2 aromatic carbocycles. The number of benzene rings is 2. The summed E-state index contributed by atoms with van der Waals surface area (Å²) in [6.45, 7) is 5.57. The van der Waals surface area contributed by atoms with Gasteiger partial charge in [-0.15, -0.1) is 0 Å². The van der Waals surface area contributed by atoms with E-state index in [0.29, 0.717) is 5.75 Å². The molecule has 132 valence electrons. The fourth-order valence-electron chi connectivity index (χ4n) is 2.79. The van der Waals surface area contributed by atoms with Gasteiger partial charge >= 0.3 is 5.97 Å². The van der Waals surface area contributed by atoms with Gasteiger partial charge in [-0.2, -0.15) is 0 Å². The molecular formula is C20H23NO4. The molecule has 0 aliphatic carbocycles. The average Bonchev–Trinajstić information content (AvgIpc) is 2.54. The van der Waals surface area contributed by atoms with Gasteiger partial charge in [0.1, 0.15) is 5.75 Å². The topological polar surface area (TPSA) is 75.6 Å². The molecule has 25 heavy (non-hydrogen) atoms. The summed E-state index contributed by atoms with van der Waals surface area (Å²) < 4.78 is 5.64. The lowest BCUT2D eigenvalue weighted by atomic mass is 9.99. The quantitative estimate of drug-likeness (QED) is 0.810. The number of rotatable bonds is 7. The van der Waals surface area contributed by atoms with Crippen LogP contribution in [0.25, 0.3) is 0 Å². The van der Waals surface area contributed by atoms with Gasteiger partial charge in [0.05, 0.1) is 12.5 Å². The molecule has 5 heteroatoms. The Morgan fingerprint density at radius 1 is 1.00 bits per heavy atom. The van der Waals surface area contributed by atoms with Crippen LogP contribution in [0.15, 0.2) is 42.5 Å². The van der Waals surface area contributed by atoms with E-state index in [0.717, 1.165) is 22.3 Å². The van der Waals surface area contributed by atoms with E-state index in [-0.39, 0.29) is 18.9 Å². The number of carboxylic acid groups (broad SMARTS) is 1. The van der Waals surface area contributed by atoms with Crippen molar-refractivity contribution in [2.24, 2.45) is 0 Å². The molecule has 0 aromatic heterocycles. The van der Waals surface area contributed by atoms with Crippen molar-refractivity contribution in [2.45, 2.75) is 33.2 Å². The summed E-state index contributed by atoms with van der Waals surface area (Å²) in [6, 6.07) is 12.6. The molecule has 5 nitrogen and oxygen atoms in total. The number of aliphatic carboxylic acids is 1. The number of amides is 1. The summed E-state index contributed by atoms with van der Waals surface area (Å²) in [6.07, 6.45) is -0.181. The Kier molecular flexibility index (Phi) is 6.17. The van der Waals surface area contributed by atoms with Crippen molar-refractivity contribution in [3.05, 3.63) is 64.7 Å². The second-order valence-corrected chi connectivity index (χ2v) is 6.08. The first-order valence-corrected chi connectivity index (χ1v) is 8.14. The SMILES string of the molecule is Cc1ccccc1C(CC(=O)O)NC(=O)COc1c(C)cccc1C. The van der Waals surface area contributed by atoms with Crippen molar-refractivity contribution < 1.29 is 19.4 Å². The monoisotopic (exact) mass is 341 g/mol. The van der Waals surface area contributed by atoms with Crippen LogP contribution in [0, 0.1) is 20.8 Å². The number of hydrogen-bond donors (Lipinski definition) is 2. The van der Waals surface area contributed by atoms with Crippen LogP contribution >= 0.6 is 0 Å². The summed E-state index contributed by atoms with van der Waals surface area (Å²) >= 11 is 0. The minimum atomic E-state index is -0.968. The number of carbonyl (C=O) groups is 2. The van der Waals surface area contributed by atoms with Crippen molar-refractivity contribution in [3.8, 4) is 5.75 Å². The van der Waals surface area contributed by atoms with Crippen LogP contribution < -0.4 is 10.1 Å². The zero-order valence-electron chi connectivity index (χ0n) is 14.7. The zero-order valence-corrected chi connectivity index (χ0v) is 14.7. The van der Waals surface area contributed by atoms with E-state index in [2.05, 4.69) is 5.32 Å². The maximum absolute atomic E-state index is 12.3. The lowest BCUT2D eigenvalue weighted by Gasteiger charge is -2.20. The number of carboxylic acids is 1. The molecule has 0 bridgehead atoms. The van der Waals surface area contributed by atoms with Crippen LogP contribution in [0.5, 0.6) is 5.75 Å². The van der Waals surface area contributed by atoms with Gasteiger partial charge in [-0.3, -0.25) is 9.59 Å². The summed E-state index contributed by atoms with van der Waals surface area (Å²) in [7, 11) is 0. The fraction of sp³-hybridized carbons (Fsp3) is 0.300. The Hall–Kier alpha value is -2.82. The van der Waals surface area contributed by atoms with Gasteiger partial charge in [0.2, 0.25) is 0 Å². The lowest BCUT2D eigenvalue weighted by Crippen LogP contribution is -2.34. The molecule has 0 radical (unpaired) electrons. The smallest absolute Gasteiger partial charge is 0.305 e. The van der Waals surface area contributed by atoms with Crippen molar-refractivity contribution in [1.82, 2.24) is 5.32 Å². The predicted molar refractivity (Wildman–Crippen MR) is 95.7 cm³/mol. The predicted octanol–water partition coefficient (Wildman–Crippen LogP) is 3.32. The summed E-state index contributed by atoms with van der Waals surface area (Å²) in [5.74, 6) is -0.635. The molecule has 2 rings (SSSR count). The minimum absolute atomic E-state index is 0.159. The summed E-state index contributed by atoms with van der Waals surface area (Å²) in [5.41, 5.74) is 3.64. The molecule has 1 amide bonds. The number of nitrogens with one attached hydrogen (secondary N) is 1. The number of para-hydroxylation sites is 1. The first-order valence-electron chi connectivity index (χ1n) is 8.14. The second kappa shape index (κ2) is 8.33. The highest BCUT2D eigenvalue weighted by molar-refractivity contribution is 5.79. The van der Waals surface area contributed by atoms with E-state index in [1.807, 2.05) is 63.2 Å². The van der Waals surface area contributed by atoms with E-state index in [9.17, 15) is 9.59 Å². The van der Waals surface area contributed by atoms with Gasteiger partial charge in [0.25, 0.3) is 5.91 Å². The highest BCUT2D eigenvalue weighted by Gasteiger charge is 2.20. The Bertz CT molecular complexity index is 750.